The molecule has 2 heterocycles. The van der Waals surface area contributed by atoms with Gasteiger partial charge in [-0.1, -0.05) is 24.9 Å². The highest BCUT2D eigenvalue weighted by atomic mass is 35.5. The van der Waals surface area contributed by atoms with Gasteiger partial charge in [0.15, 0.2) is 6.29 Å². The lowest BCUT2D eigenvalue weighted by molar-refractivity contribution is 0.112. The molecule has 2 aromatic rings. The number of fused-ring (bicyclic) bond motifs is 1. The number of nitrogens with one attached hydrogen (secondary N) is 2. The number of aldehydes is 1. The van der Waals surface area contributed by atoms with Crippen molar-refractivity contribution >= 4 is 45.9 Å². The van der Waals surface area contributed by atoms with E-state index >= 15 is 0 Å². The van der Waals surface area contributed by atoms with E-state index in [1.165, 1.54) is 16.2 Å². The zero-order chi connectivity index (χ0) is 18.7. The second-order valence-electron chi connectivity index (χ2n) is 6.51. The summed E-state index contributed by atoms with van der Waals surface area (Å²) in [5, 5.41) is 6.81. The molecule has 1 unspecified atom stereocenters. The largest absolute Gasteiger partial charge is 0.324 e. The molecule has 0 bridgehead atoms. The number of rotatable bonds is 5. The van der Waals surface area contributed by atoms with Gasteiger partial charge < -0.3 is 5.32 Å². The number of halogens is 1. The van der Waals surface area contributed by atoms with Gasteiger partial charge in [-0.25, -0.2) is 4.79 Å². The number of thiophene rings is 1. The fraction of sp³-hybridized carbons (Fsp3) is 0.368. The van der Waals surface area contributed by atoms with E-state index in [9.17, 15) is 9.59 Å². The van der Waals surface area contributed by atoms with Gasteiger partial charge in [-0.15, -0.1) is 11.3 Å². The second-order valence-corrected chi connectivity index (χ2v) is 8.05. The van der Waals surface area contributed by atoms with Gasteiger partial charge in [0.1, 0.15) is 5.00 Å². The molecule has 138 valence electrons. The summed E-state index contributed by atoms with van der Waals surface area (Å²) >= 11 is 7.36. The number of amides is 2. The standard InChI is InChI=1S/C19H22ClN3O2S/c1-3-4-14-9-17-15(10-23(14)2)16(11-24)18(26-17)22-19(25)21-13-7-5-12(20)6-8-13/h5-8,11,14H,3-4,9-10H2,1-2H3,(H2,21,22,25). The summed E-state index contributed by atoms with van der Waals surface area (Å²) in [4.78, 5) is 27.5. The van der Waals surface area contributed by atoms with Gasteiger partial charge >= 0.3 is 6.03 Å². The number of carbonyl (C=O) groups excluding carboxylic acids is 2. The maximum Gasteiger partial charge on any atom is 0.324 e. The zero-order valence-electron chi connectivity index (χ0n) is 14.8. The molecule has 1 aliphatic rings. The molecule has 0 spiro atoms. The quantitative estimate of drug-likeness (QED) is 0.704. The first-order valence-corrected chi connectivity index (χ1v) is 9.84. The molecule has 5 nitrogen and oxygen atoms in total. The van der Waals surface area contributed by atoms with Gasteiger partial charge in [-0.2, -0.15) is 0 Å². The monoisotopic (exact) mass is 391 g/mol. The van der Waals surface area contributed by atoms with Crippen molar-refractivity contribution in [3.63, 3.8) is 0 Å². The Bertz CT molecular complexity index is 804. The smallest absolute Gasteiger partial charge is 0.308 e. The molecule has 0 saturated carbocycles. The van der Waals surface area contributed by atoms with Crippen LogP contribution in [0.2, 0.25) is 5.02 Å². The van der Waals surface area contributed by atoms with Gasteiger partial charge in [-0.3, -0.25) is 15.0 Å². The lowest BCUT2D eigenvalue weighted by Gasteiger charge is -2.32. The highest BCUT2D eigenvalue weighted by molar-refractivity contribution is 7.17. The van der Waals surface area contributed by atoms with Crippen molar-refractivity contribution in [2.24, 2.45) is 0 Å². The minimum absolute atomic E-state index is 0.368. The first-order valence-electron chi connectivity index (χ1n) is 8.65. The van der Waals surface area contributed by atoms with Crippen LogP contribution in [0.15, 0.2) is 24.3 Å². The molecule has 0 saturated heterocycles. The minimum Gasteiger partial charge on any atom is -0.308 e. The number of hydrogen-bond donors (Lipinski definition) is 2. The van der Waals surface area contributed by atoms with Crippen molar-refractivity contribution in [1.82, 2.24) is 4.90 Å². The lowest BCUT2D eigenvalue weighted by atomic mass is 9.97. The van der Waals surface area contributed by atoms with E-state index in [1.54, 1.807) is 24.3 Å². The molecule has 7 heteroatoms. The van der Waals surface area contributed by atoms with Crippen LogP contribution < -0.4 is 10.6 Å². The summed E-state index contributed by atoms with van der Waals surface area (Å²) in [7, 11) is 2.09. The third-order valence-corrected chi connectivity index (χ3v) is 6.09. The second kappa shape index (κ2) is 8.20. The van der Waals surface area contributed by atoms with Crippen LogP contribution >= 0.6 is 22.9 Å². The van der Waals surface area contributed by atoms with Crippen molar-refractivity contribution in [1.29, 1.82) is 0 Å². The van der Waals surface area contributed by atoms with Gasteiger partial charge in [0.25, 0.3) is 0 Å². The number of anilines is 2. The number of benzene rings is 1. The predicted octanol–water partition coefficient (Wildman–Crippen LogP) is 5.01. The Morgan fingerprint density at radius 1 is 1.35 bits per heavy atom. The Morgan fingerprint density at radius 3 is 2.73 bits per heavy atom. The van der Waals surface area contributed by atoms with Crippen LogP contribution in [-0.4, -0.2) is 30.3 Å². The SMILES string of the molecule is CCCC1Cc2sc(NC(=O)Nc3ccc(Cl)cc3)c(C=O)c2CN1C. The van der Waals surface area contributed by atoms with Gasteiger partial charge in [0.2, 0.25) is 0 Å². The zero-order valence-corrected chi connectivity index (χ0v) is 16.4. The Morgan fingerprint density at radius 2 is 2.08 bits per heavy atom. The Hall–Kier alpha value is -1.89. The maximum absolute atomic E-state index is 12.3. The number of carbonyl (C=O) groups is 2. The molecular weight excluding hydrogens is 370 g/mol. The van der Waals surface area contributed by atoms with E-state index in [0.717, 1.165) is 37.7 Å². The van der Waals surface area contributed by atoms with Gasteiger partial charge in [0, 0.05) is 28.2 Å². The third kappa shape index (κ3) is 4.09. The van der Waals surface area contributed by atoms with Crippen molar-refractivity contribution in [2.45, 2.75) is 38.8 Å². The van der Waals surface area contributed by atoms with Crippen molar-refractivity contribution in [3.8, 4) is 0 Å². The Kier molecular flexibility index (Phi) is 5.96. The average Bonchev–Trinajstić information content (AvgIpc) is 2.93. The highest BCUT2D eigenvalue weighted by Crippen LogP contribution is 2.38. The van der Waals surface area contributed by atoms with Crippen LogP contribution in [0.4, 0.5) is 15.5 Å². The normalized spacial score (nSPS) is 16.8. The first kappa shape index (κ1) is 18.9. The average molecular weight is 392 g/mol. The maximum atomic E-state index is 12.3. The summed E-state index contributed by atoms with van der Waals surface area (Å²) in [5.41, 5.74) is 2.28. The molecule has 0 aliphatic carbocycles. The van der Waals surface area contributed by atoms with Gasteiger partial charge in [0.05, 0.1) is 5.56 Å². The van der Waals surface area contributed by atoms with E-state index in [0.29, 0.717) is 27.3 Å². The number of hydrogen-bond acceptors (Lipinski definition) is 4. The summed E-state index contributed by atoms with van der Waals surface area (Å²) in [6.45, 7) is 2.92. The molecule has 3 rings (SSSR count). The van der Waals surface area contributed by atoms with Crippen molar-refractivity contribution in [3.05, 3.63) is 45.3 Å². The molecule has 2 amide bonds. The van der Waals surface area contributed by atoms with E-state index in [4.69, 9.17) is 11.6 Å². The van der Waals surface area contributed by atoms with Crippen LogP contribution in [0, 0.1) is 0 Å². The number of likely N-dealkylation sites (N-methyl/N-ethyl adjacent to an activating group) is 1. The molecule has 1 aromatic carbocycles. The highest BCUT2D eigenvalue weighted by Gasteiger charge is 2.28. The van der Waals surface area contributed by atoms with E-state index in [2.05, 4.69) is 29.5 Å². The topological polar surface area (TPSA) is 61.4 Å². The first-order chi connectivity index (χ1) is 12.5. The molecular formula is C19H22ClN3O2S. The minimum atomic E-state index is -0.368. The predicted molar refractivity (Wildman–Crippen MR) is 108 cm³/mol. The Balaban J connectivity index is 1.76. The third-order valence-electron chi connectivity index (χ3n) is 4.65. The molecule has 2 N–H and O–H groups in total. The molecule has 0 fully saturated rings. The molecule has 1 aliphatic heterocycles. The Labute approximate surface area is 162 Å². The fourth-order valence-corrected chi connectivity index (χ4v) is 4.66. The van der Waals surface area contributed by atoms with Crippen LogP contribution in [0.5, 0.6) is 0 Å². The van der Waals surface area contributed by atoms with E-state index in [1.807, 2.05) is 0 Å². The summed E-state index contributed by atoms with van der Waals surface area (Å²) in [6, 6.07) is 7.00. The van der Waals surface area contributed by atoms with Crippen LogP contribution in [0.1, 0.15) is 40.6 Å². The van der Waals surface area contributed by atoms with E-state index < -0.39 is 0 Å². The van der Waals surface area contributed by atoms with Crippen LogP contribution in [0.3, 0.4) is 0 Å². The summed E-state index contributed by atoms with van der Waals surface area (Å²) in [6.07, 6.45) is 4.03. The van der Waals surface area contributed by atoms with E-state index in [-0.39, 0.29) is 6.03 Å². The molecule has 0 radical (unpaired) electrons. The summed E-state index contributed by atoms with van der Waals surface area (Å²) in [5.74, 6) is 0. The van der Waals surface area contributed by atoms with Crippen molar-refractivity contribution < 1.29 is 9.59 Å². The molecule has 1 atom stereocenters. The van der Waals surface area contributed by atoms with Gasteiger partial charge in [-0.05, 0) is 49.7 Å². The van der Waals surface area contributed by atoms with Crippen molar-refractivity contribution in [2.75, 3.05) is 17.7 Å². The number of urea groups is 1. The summed E-state index contributed by atoms with van der Waals surface area (Å²) < 4.78 is 0. The van der Waals surface area contributed by atoms with Crippen LogP contribution in [-0.2, 0) is 13.0 Å². The van der Waals surface area contributed by atoms with Crippen LogP contribution in [0.25, 0.3) is 0 Å². The number of nitrogens with zero attached hydrogens (tertiary/aromatic N) is 1. The molecule has 26 heavy (non-hydrogen) atoms. The fourth-order valence-electron chi connectivity index (χ4n) is 3.29. The lowest BCUT2D eigenvalue weighted by Crippen LogP contribution is -2.36. The molecule has 1 aromatic heterocycles.